The number of rotatable bonds is 5. The number of piperidine rings is 1. The summed E-state index contributed by atoms with van der Waals surface area (Å²) in [6.45, 7) is 15.1. The van der Waals surface area contributed by atoms with Gasteiger partial charge in [0.05, 0.1) is 19.7 Å². The minimum absolute atomic E-state index is 0.152. The maximum absolute atomic E-state index is 14.5. The summed E-state index contributed by atoms with van der Waals surface area (Å²) >= 11 is 0. The summed E-state index contributed by atoms with van der Waals surface area (Å²) in [5.74, 6) is 0.197. The number of ether oxygens (including phenoxy) is 1. The number of allylic oxidation sites excluding steroid dienone is 1. The number of amides is 1. The minimum atomic E-state index is -1.79. The molecule has 0 saturated carbocycles. The van der Waals surface area contributed by atoms with E-state index in [1.165, 1.54) is 16.0 Å². The van der Waals surface area contributed by atoms with Crippen LogP contribution >= 0.6 is 0 Å². The number of benzene rings is 1. The van der Waals surface area contributed by atoms with Crippen LogP contribution in [0.15, 0.2) is 24.3 Å². The lowest BCUT2D eigenvalue weighted by atomic mass is 9.81. The Balaban J connectivity index is 1.20. The zero-order valence-electron chi connectivity index (χ0n) is 23.8. The van der Waals surface area contributed by atoms with E-state index in [0.717, 1.165) is 57.2 Å². The van der Waals surface area contributed by atoms with Gasteiger partial charge < -0.3 is 19.2 Å². The molecule has 0 bridgehead atoms. The van der Waals surface area contributed by atoms with E-state index in [1.54, 1.807) is 12.1 Å². The fourth-order valence-electron chi connectivity index (χ4n) is 6.55. The first-order valence-corrected chi connectivity index (χ1v) is 17.3. The van der Waals surface area contributed by atoms with Crippen molar-refractivity contribution in [2.24, 2.45) is 0 Å². The molecule has 8 heteroatoms. The predicted octanol–water partition coefficient (Wildman–Crippen LogP) is 6.48. The van der Waals surface area contributed by atoms with Gasteiger partial charge in [0, 0.05) is 12.1 Å². The molecule has 1 unspecified atom stereocenters. The Morgan fingerprint density at radius 3 is 2.50 bits per heavy atom. The Morgan fingerprint density at radius 2 is 1.89 bits per heavy atom. The van der Waals surface area contributed by atoms with Crippen molar-refractivity contribution in [1.29, 1.82) is 0 Å². The van der Waals surface area contributed by atoms with Crippen LogP contribution in [0.5, 0.6) is 0 Å². The Hall–Kier alpha value is -1.74. The summed E-state index contributed by atoms with van der Waals surface area (Å²) in [7, 11) is -1.79. The summed E-state index contributed by atoms with van der Waals surface area (Å²) in [5.41, 5.74) is 3.45. The lowest BCUT2D eigenvalue weighted by molar-refractivity contribution is -0.0982. The molecule has 1 spiro atoms. The fourth-order valence-corrected chi connectivity index (χ4v) is 7.96. The van der Waals surface area contributed by atoms with Gasteiger partial charge in [-0.25, -0.2) is 9.18 Å². The van der Waals surface area contributed by atoms with Crippen LogP contribution in [0.25, 0.3) is 5.57 Å². The maximum atomic E-state index is 14.5. The number of halogens is 1. The largest absolute Gasteiger partial charge is 0.465 e. The molecule has 1 N–H and O–H groups in total. The van der Waals surface area contributed by atoms with Gasteiger partial charge in [-0.2, -0.15) is 0 Å². The summed E-state index contributed by atoms with van der Waals surface area (Å²) in [5, 5.41) is 9.38. The third-order valence-corrected chi connectivity index (χ3v) is 14.4. The molecule has 3 fully saturated rings. The van der Waals surface area contributed by atoms with Crippen LogP contribution in [0.2, 0.25) is 18.1 Å². The molecule has 0 radical (unpaired) electrons. The highest BCUT2D eigenvalue weighted by molar-refractivity contribution is 6.74. The second kappa shape index (κ2) is 10.3. The summed E-state index contributed by atoms with van der Waals surface area (Å²) in [4.78, 5) is 15.1. The average Bonchev–Trinajstić information content (AvgIpc) is 3.29. The molecule has 1 aliphatic carbocycles. The first kappa shape index (κ1) is 27.8. The molecule has 6 nitrogen and oxygen atoms in total. The quantitative estimate of drug-likeness (QED) is 0.430. The molecule has 1 aromatic carbocycles. The molecule has 2 atom stereocenters. The van der Waals surface area contributed by atoms with Crippen LogP contribution in [-0.2, 0) is 9.16 Å². The van der Waals surface area contributed by atoms with Crippen molar-refractivity contribution >= 4 is 20.0 Å². The topological polar surface area (TPSA) is 62.2 Å². The summed E-state index contributed by atoms with van der Waals surface area (Å²) in [6.07, 6.45) is 7.61. The second-order valence-corrected chi connectivity index (χ2v) is 18.3. The SMILES string of the molecule is CC(C)(C)[Si](C)(C)OC1CC=C(c2ccc(F)cc2C2CCN([C@@H]3COC4(C3)CN(C(=O)O)C4)CC2)CC1. The van der Waals surface area contributed by atoms with Gasteiger partial charge in [0.25, 0.3) is 0 Å². The number of nitrogens with zero attached hydrogens (tertiary/aromatic N) is 2. The van der Waals surface area contributed by atoms with Crippen molar-refractivity contribution < 1.29 is 23.5 Å². The molecule has 0 aromatic heterocycles. The zero-order chi connectivity index (χ0) is 27.3. The highest BCUT2D eigenvalue weighted by Crippen LogP contribution is 2.42. The van der Waals surface area contributed by atoms with Crippen LogP contribution in [0, 0.1) is 5.82 Å². The highest BCUT2D eigenvalue weighted by Gasteiger charge is 2.52. The van der Waals surface area contributed by atoms with Crippen LogP contribution in [0.1, 0.15) is 76.3 Å². The maximum Gasteiger partial charge on any atom is 0.407 e. The van der Waals surface area contributed by atoms with Crippen molar-refractivity contribution in [3.05, 3.63) is 41.2 Å². The predicted molar refractivity (Wildman–Crippen MR) is 151 cm³/mol. The number of carbonyl (C=O) groups is 1. The summed E-state index contributed by atoms with van der Waals surface area (Å²) in [6, 6.07) is 5.73. The first-order valence-electron chi connectivity index (χ1n) is 14.4. The molecule has 210 valence electrons. The molecule has 1 aromatic rings. The van der Waals surface area contributed by atoms with Gasteiger partial charge in [-0.3, -0.25) is 4.90 Å². The van der Waals surface area contributed by atoms with Crippen LogP contribution in [0.3, 0.4) is 0 Å². The van der Waals surface area contributed by atoms with Gasteiger partial charge in [0.15, 0.2) is 8.32 Å². The Labute approximate surface area is 228 Å². The van der Waals surface area contributed by atoms with Crippen LogP contribution < -0.4 is 0 Å². The van der Waals surface area contributed by atoms with E-state index in [2.05, 4.69) is 44.8 Å². The van der Waals surface area contributed by atoms with Gasteiger partial charge in [-0.1, -0.05) is 32.9 Å². The van der Waals surface area contributed by atoms with E-state index >= 15 is 0 Å². The lowest BCUT2D eigenvalue weighted by Crippen LogP contribution is -2.63. The molecular formula is C30H45FN2O4Si. The van der Waals surface area contributed by atoms with E-state index < -0.39 is 14.4 Å². The Bertz CT molecular complexity index is 1070. The van der Waals surface area contributed by atoms with Gasteiger partial charge in [-0.05, 0) is 104 Å². The number of likely N-dealkylation sites (tertiary alicyclic amines) is 2. The van der Waals surface area contributed by atoms with Crippen molar-refractivity contribution in [3.8, 4) is 0 Å². The molecule has 3 saturated heterocycles. The van der Waals surface area contributed by atoms with E-state index in [1.807, 2.05) is 6.07 Å². The monoisotopic (exact) mass is 544 g/mol. The van der Waals surface area contributed by atoms with E-state index in [9.17, 15) is 14.3 Å². The summed E-state index contributed by atoms with van der Waals surface area (Å²) < 4.78 is 27.2. The van der Waals surface area contributed by atoms with Crippen molar-refractivity contribution in [1.82, 2.24) is 9.80 Å². The number of hydrogen-bond acceptors (Lipinski definition) is 4. The number of hydrogen-bond donors (Lipinski definition) is 1. The van der Waals surface area contributed by atoms with Gasteiger partial charge in [-0.15, -0.1) is 0 Å². The Kier molecular flexibility index (Phi) is 7.57. The molecular weight excluding hydrogens is 499 g/mol. The van der Waals surface area contributed by atoms with E-state index in [-0.39, 0.29) is 22.6 Å². The van der Waals surface area contributed by atoms with E-state index in [4.69, 9.17) is 9.16 Å². The second-order valence-electron chi connectivity index (χ2n) is 13.5. The highest BCUT2D eigenvalue weighted by atomic mass is 28.4. The van der Waals surface area contributed by atoms with Crippen molar-refractivity contribution in [2.45, 2.75) is 101 Å². The first-order chi connectivity index (χ1) is 17.9. The zero-order valence-corrected chi connectivity index (χ0v) is 24.8. The van der Waals surface area contributed by atoms with E-state index in [0.29, 0.717) is 31.7 Å². The number of carboxylic acid groups (broad SMARTS) is 1. The minimum Gasteiger partial charge on any atom is -0.465 e. The molecule has 4 aliphatic rings. The van der Waals surface area contributed by atoms with Crippen LogP contribution in [-0.4, -0.2) is 79.8 Å². The third-order valence-electron chi connectivity index (χ3n) is 9.89. The van der Waals surface area contributed by atoms with Crippen LogP contribution in [0.4, 0.5) is 9.18 Å². The molecule has 3 aliphatic heterocycles. The normalized spacial score (nSPS) is 26.9. The van der Waals surface area contributed by atoms with Gasteiger partial charge in [0.2, 0.25) is 0 Å². The Morgan fingerprint density at radius 1 is 1.18 bits per heavy atom. The smallest absolute Gasteiger partial charge is 0.407 e. The average molecular weight is 545 g/mol. The molecule has 1 amide bonds. The van der Waals surface area contributed by atoms with Gasteiger partial charge in [0.1, 0.15) is 11.4 Å². The molecule has 3 heterocycles. The van der Waals surface area contributed by atoms with Crippen molar-refractivity contribution in [3.63, 3.8) is 0 Å². The fraction of sp³-hybridized carbons (Fsp3) is 0.700. The van der Waals surface area contributed by atoms with Gasteiger partial charge >= 0.3 is 6.09 Å². The standard InChI is InChI=1S/C30H45FN2O4Si/c1-29(2,3)38(4,5)37-25-9-6-21(7-10-25)26-11-8-23(31)16-27(26)22-12-14-32(15-13-22)24-17-30(36-18-24)19-33(20-30)28(34)35/h6,8,11,16,22,24-25H,7,9-10,12-15,17-20H2,1-5H3,(H,34,35)/t24-,25?/m0/s1. The van der Waals surface area contributed by atoms with Crippen molar-refractivity contribution in [2.75, 3.05) is 32.8 Å². The molecule has 38 heavy (non-hydrogen) atoms. The third kappa shape index (κ3) is 5.60. The molecule has 5 rings (SSSR count). The lowest BCUT2D eigenvalue weighted by Gasteiger charge is -2.45.